The number of ether oxygens (including phenoxy) is 3. The standard InChI is InChI=1S/C14H23NO3/c1-11(15-8-5-9-16-2)13-10-12(17-3)6-7-14(13)18-4/h6-7,10-11,15H,5,8-9H2,1-4H3. The van der Waals surface area contributed by atoms with E-state index in [0.717, 1.165) is 36.6 Å². The molecule has 1 aromatic carbocycles. The maximum atomic E-state index is 5.37. The van der Waals surface area contributed by atoms with Crippen molar-refractivity contribution in [3.8, 4) is 11.5 Å². The molecule has 1 rings (SSSR count). The molecular formula is C14H23NO3. The minimum atomic E-state index is 0.215. The molecule has 0 bridgehead atoms. The number of hydrogen-bond acceptors (Lipinski definition) is 4. The second-order valence-corrected chi connectivity index (χ2v) is 4.13. The predicted octanol–water partition coefficient (Wildman–Crippen LogP) is 2.39. The highest BCUT2D eigenvalue weighted by Crippen LogP contribution is 2.29. The van der Waals surface area contributed by atoms with E-state index in [1.807, 2.05) is 18.2 Å². The molecule has 0 aliphatic carbocycles. The number of rotatable bonds is 8. The molecule has 0 heterocycles. The molecule has 0 radical (unpaired) electrons. The Bertz CT molecular complexity index is 355. The third kappa shape index (κ3) is 4.20. The van der Waals surface area contributed by atoms with E-state index in [1.54, 1.807) is 21.3 Å². The zero-order chi connectivity index (χ0) is 13.4. The van der Waals surface area contributed by atoms with E-state index in [0.29, 0.717) is 0 Å². The molecule has 1 atom stereocenters. The molecule has 4 nitrogen and oxygen atoms in total. The second-order valence-electron chi connectivity index (χ2n) is 4.13. The fraction of sp³-hybridized carbons (Fsp3) is 0.571. The van der Waals surface area contributed by atoms with E-state index in [4.69, 9.17) is 14.2 Å². The van der Waals surface area contributed by atoms with Crippen molar-refractivity contribution in [2.75, 3.05) is 34.5 Å². The summed E-state index contributed by atoms with van der Waals surface area (Å²) in [6.45, 7) is 3.80. The van der Waals surface area contributed by atoms with Gasteiger partial charge in [0, 0.05) is 25.3 Å². The van der Waals surface area contributed by atoms with Gasteiger partial charge in [0.15, 0.2) is 0 Å². The molecule has 0 fully saturated rings. The lowest BCUT2D eigenvalue weighted by molar-refractivity contribution is 0.193. The van der Waals surface area contributed by atoms with Gasteiger partial charge in [0.25, 0.3) is 0 Å². The third-order valence-electron chi connectivity index (χ3n) is 2.88. The van der Waals surface area contributed by atoms with Gasteiger partial charge >= 0.3 is 0 Å². The van der Waals surface area contributed by atoms with Crippen LogP contribution in [0.5, 0.6) is 11.5 Å². The van der Waals surface area contributed by atoms with E-state index in [-0.39, 0.29) is 6.04 Å². The van der Waals surface area contributed by atoms with Gasteiger partial charge in [0.2, 0.25) is 0 Å². The molecular weight excluding hydrogens is 230 g/mol. The lowest BCUT2D eigenvalue weighted by atomic mass is 10.1. The summed E-state index contributed by atoms with van der Waals surface area (Å²) >= 11 is 0. The van der Waals surface area contributed by atoms with Crippen molar-refractivity contribution >= 4 is 0 Å². The molecule has 1 N–H and O–H groups in total. The summed E-state index contributed by atoms with van der Waals surface area (Å²) in [6.07, 6.45) is 0.993. The van der Waals surface area contributed by atoms with Crippen LogP contribution in [0.15, 0.2) is 18.2 Å². The Morgan fingerprint density at radius 2 is 1.94 bits per heavy atom. The lowest BCUT2D eigenvalue weighted by Crippen LogP contribution is -2.21. The molecule has 0 spiro atoms. The Morgan fingerprint density at radius 3 is 2.56 bits per heavy atom. The first-order chi connectivity index (χ1) is 8.72. The van der Waals surface area contributed by atoms with Crippen molar-refractivity contribution in [3.63, 3.8) is 0 Å². The van der Waals surface area contributed by atoms with Crippen LogP contribution < -0.4 is 14.8 Å². The van der Waals surface area contributed by atoms with Crippen LogP contribution in [-0.2, 0) is 4.74 Å². The molecule has 0 saturated carbocycles. The second kappa shape index (κ2) is 7.95. The van der Waals surface area contributed by atoms with Crippen LogP contribution in [0.3, 0.4) is 0 Å². The summed E-state index contributed by atoms with van der Waals surface area (Å²) < 4.78 is 15.6. The van der Waals surface area contributed by atoms with E-state index in [9.17, 15) is 0 Å². The highest BCUT2D eigenvalue weighted by Gasteiger charge is 2.11. The van der Waals surface area contributed by atoms with Crippen molar-refractivity contribution in [1.82, 2.24) is 5.32 Å². The van der Waals surface area contributed by atoms with Crippen LogP contribution in [0.2, 0.25) is 0 Å². The highest BCUT2D eigenvalue weighted by atomic mass is 16.5. The van der Waals surface area contributed by atoms with E-state index >= 15 is 0 Å². The average Bonchev–Trinajstić information content (AvgIpc) is 2.42. The molecule has 0 aromatic heterocycles. The van der Waals surface area contributed by atoms with Crippen LogP contribution >= 0.6 is 0 Å². The van der Waals surface area contributed by atoms with Gasteiger partial charge in [-0.15, -0.1) is 0 Å². The largest absolute Gasteiger partial charge is 0.497 e. The predicted molar refractivity (Wildman–Crippen MR) is 72.5 cm³/mol. The fourth-order valence-corrected chi connectivity index (χ4v) is 1.82. The van der Waals surface area contributed by atoms with Gasteiger partial charge in [-0.1, -0.05) is 0 Å². The molecule has 4 heteroatoms. The van der Waals surface area contributed by atoms with Gasteiger partial charge in [-0.25, -0.2) is 0 Å². The average molecular weight is 253 g/mol. The van der Waals surface area contributed by atoms with Gasteiger partial charge in [0.1, 0.15) is 11.5 Å². The van der Waals surface area contributed by atoms with Crippen molar-refractivity contribution in [2.45, 2.75) is 19.4 Å². The normalized spacial score (nSPS) is 12.2. The molecule has 18 heavy (non-hydrogen) atoms. The highest BCUT2D eigenvalue weighted by molar-refractivity contribution is 5.42. The number of benzene rings is 1. The minimum Gasteiger partial charge on any atom is -0.497 e. The van der Waals surface area contributed by atoms with Crippen LogP contribution in [0.4, 0.5) is 0 Å². The van der Waals surface area contributed by atoms with Crippen molar-refractivity contribution < 1.29 is 14.2 Å². The van der Waals surface area contributed by atoms with Gasteiger partial charge in [-0.3, -0.25) is 0 Å². The monoisotopic (exact) mass is 253 g/mol. The molecule has 1 unspecified atom stereocenters. The Hall–Kier alpha value is -1.26. The maximum absolute atomic E-state index is 5.37. The number of hydrogen-bond donors (Lipinski definition) is 1. The van der Waals surface area contributed by atoms with Gasteiger partial charge < -0.3 is 19.5 Å². The van der Waals surface area contributed by atoms with E-state index in [1.165, 1.54) is 0 Å². The molecule has 0 saturated heterocycles. The first-order valence-corrected chi connectivity index (χ1v) is 6.17. The van der Waals surface area contributed by atoms with Gasteiger partial charge in [0.05, 0.1) is 14.2 Å². The quantitative estimate of drug-likeness (QED) is 0.722. The summed E-state index contributed by atoms with van der Waals surface area (Å²) in [5.41, 5.74) is 1.11. The topological polar surface area (TPSA) is 39.7 Å². The summed E-state index contributed by atoms with van der Waals surface area (Å²) in [5, 5.41) is 3.44. The Balaban J connectivity index is 2.66. The van der Waals surface area contributed by atoms with Gasteiger partial charge in [-0.2, -0.15) is 0 Å². The van der Waals surface area contributed by atoms with E-state index < -0.39 is 0 Å². The van der Waals surface area contributed by atoms with Crippen LogP contribution in [0, 0.1) is 0 Å². The molecule has 1 aromatic rings. The summed E-state index contributed by atoms with van der Waals surface area (Å²) in [7, 11) is 5.07. The molecule has 0 amide bonds. The summed E-state index contributed by atoms with van der Waals surface area (Å²) in [5.74, 6) is 1.72. The molecule has 0 aliphatic rings. The SMILES string of the molecule is COCCCNC(C)c1cc(OC)ccc1OC. The Labute approximate surface area is 109 Å². The Morgan fingerprint density at radius 1 is 1.17 bits per heavy atom. The molecule has 0 aliphatic heterocycles. The van der Waals surface area contributed by atoms with Crippen molar-refractivity contribution in [2.24, 2.45) is 0 Å². The third-order valence-corrected chi connectivity index (χ3v) is 2.88. The van der Waals surface area contributed by atoms with Crippen molar-refractivity contribution in [1.29, 1.82) is 0 Å². The Kier molecular flexibility index (Phi) is 6.54. The minimum absolute atomic E-state index is 0.215. The fourth-order valence-electron chi connectivity index (χ4n) is 1.82. The first-order valence-electron chi connectivity index (χ1n) is 6.17. The zero-order valence-corrected chi connectivity index (χ0v) is 11.7. The zero-order valence-electron chi connectivity index (χ0n) is 11.7. The van der Waals surface area contributed by atoms with Crippen LogP contribution in [0.25, 0.3) is 0 Å². The maximum Gasteiger partial charge on any atom is 0.123 e. The van der Waals surface area contributed by atoms with Crippen LogP contribution in [-0.4, -0.2) is 34.5 Å². The number of nitrogens with one attached hydrogen (secondary N) is 1. The smallest absolute Gasteiger partial charge is 0.123 e. The summed E-state index contributed by atoms with van der Waals surface area (Å²) in [6, 6.07) is 6.06. The number of methoxy groups -OCH3 is 3. The van der Waals surface area contributed by atoms with E-state index in [2.05, 4.69) is 12.2 Å². The first kappa shape index (κ1) is 14.8. The lowest BCUT2D eigenvalue weighted by Gasteiger charge is -2.18. The van der Waals surface area contributed by atoms with Crippen molar-refractivity contribution in [3.05, 3.63) is 23.8 Å². The summed E-state index contributed by atoms with van der Waals surface area (Å²) in [4.78, 5) is 0. The molecule has 102 valence electrons. The van der Waals surface area contributed by atoms with Gasteiger partial charge in [-0.05, 0) is 38.1 Å². The van der Waals surface area contributed by atoms with Crippen LogP contribution in [0.1, 0.15) is 24.9 Å².